The van der Waals surface area contributed by atoms with E-state index in [1.54, 1.807) is 42.9 Å². The maximum Gasteiger partial charge on any atom is 0.254 e. The van der Waals surface area contributed by atoms with Crippen LogP contribution in [0.15, 0.2) is 47.4 Å². The van der Waals surface area contributed by atoms with Gasteiger partial charge in [-0.15, -0.1) is 0 Å². The summed E-state index contributed by atoms with van der Waals surface area (Å²) >= 11 is 0. The number of benzene rings is 1. The van der Waals surface area contributed by atoms with Crippen molar-refractivity contribution in [3.63, 3.8) is 0 Å². The SMILES string of the molecule is N#Cc1ccc(C(=O)N2CCCCCCNC(=O)[C@@H]3C[C@@H](c4nc(-c5cnccn5)no4)C[C@@H]32)cc1. The van der Waals surface area contributed by atoms with Crippen LogP contribution in [-0.4, -0.2) is 56.0 Å². The van der Waals surface area contributed by atoms with Gasteiger partial charge < -0.3 is 14.7 Å². The van der Waals surface area contributed by atoms with Crippen LogP contribution in [0.5, 0.6) is 0 Å². The maximum atomic E-state index is 13.7. The standard InChI is InChI=1S/C26H27N7O3/c27-15-17-5-7-18(8-6-17)26(35)33-12-4-2-1-3-9-30-24(34)20-13-19(14-22(20)33)25-31-23(32-36-25)21-16-28-10-11-29-21/h5-8,10-11,16,19-20,22H,1-4,9,12-14H2,(H,30,34)/t19-,20-,22+/m1/s1. The fourth-order valence-corrected chi connectivity index (χ4v) is 5.14. The van der Waals surface area contributed by atoms with Gasteiger partial charge >= 0.3 is 0 Å². The second kappa shape index (κ2) is 10.6. The molecule has 1 aliphatic carbocycles. The van der Waals surface area contributed by atoms with Crippen molar-refractivity contribution in [3.05, 3.63) is 59.9 Å². The van der Waals surface area contributed by atoms with Crippen LogP contribution in [0, 0.1) is 17.2 Å². The molecule has 3 heterocycles. The summed E-state index contributed by atoms with van der Waals surface area (Å²) in [7, 11) is 0. The molecule has 0 unspecified atom stereocenters. The fraction of sp³-hybridized carbons (Fsp3) is 0.423. The summed E-state index contributed by atoms with van der Waals surface area (Å²) in [4.78, 5) is 41.6. The average molecular weight is 486 g/mol. The molecular formula is C26H27N7O3. The highest BCUT2D eigenvalue weighted by atomic mass is 16.5. The van der Waals surface area contributed by atoms with E-state index in [2.05, 4.69) is 31.5 Å². The first-order valence-electron chi connectivity index (χ1n) is 12.3. The minimum absolute atomic E-state index is 0.0457. The van der Waals surface area contributed by atoms with E-state index in [1.807, 2.05) is 4.90 Å². The Morgan fingerprint density at radius 1 is 1.11 bits per heavy atom. The van der Waals surface area contributed by atoms with Gasteiger partial charge in [0.15, 0.2) is 0 Å². The number of hydrogen-bond acceptors (Lipinski definition) is 8. The van der Waals surface area contributed by atoms with Crippen LogP contribution in [-0.2, 0) is 4.79 Å². The number of carbonyl (C=O) groups excluding carboxylic acids is 2. The van der Waals surface area contributed by atoms with E-state index in [1.165, 1.54) is 0 Å². The van der Waals surface area contributed by atoms with Gasteiger partial charge in [0.25, 0.3) is 5.91 Å². The van der Waals surface area contributed by atoms with E-state index in [9.17, 15) is 9.59 Å². The van der Waals surface area contributed by atoms with Crippen LogP contribution >= 0.6 is 0 Å². The molecule has 3 aromatic rings. The van der Waals surface area contributed by atoms with Gasteiger partial charge in [0.05, 0.1) is 23.7 Å². The van der Waals surface area contributed by atoms with Gasteiger partial charge in [-0.3, -0.25) is 14.6 Å². The summed E-state index contributed by atoms with van der Waals surface area (Å²) in [5.41, 5.74) is 1.52. The molecule has 2 amide bonds. The largest absolute Gasteiger partial charge is 0.356 e. The Morgan fingerprint density at radius 2 is 1.94 bits per heavy atom. The van der Waals surface area contributed by atoms with E-state index in [0.717, 1.165) is 25.7 Å². The van der Waals surface area contributed by atoms with Crippen LogP contribution in [0.4, 0.5) is 0 Å². The van der Waals surface area contributed by atoms with Gasteiger partial charge in [0.1, 0.15) is 5.69 Å². The van der Waals surface area contributed by atoms with Gasteiger partial charge in [-0.25, -0.2) is 4.98 Å². The Kier molecular flexibility index (Phi) is 6.98. The topological polar surface area (TPSA) is 138 Å². The number of aromatic nitrogens is 4. The summed E-state index contributed by atoms with van der Waals surface area (Å²) < 4.78 is 5.59. The summed E-state index contributed by atoms with van der Waals surface area (Å²) in [6.45, 7) is 1.20. The van der Waals surface area contributed by atoms with Crippen LogP contribution in [0.3, 0.4) is 0 Å². The Labute approximate surface area is 208 Å². The molecule has 2 fully saturated rings. The number of amides is 2. The predicted octanol–water partition coefficient (Wildman–Crippen LogP) is 3.09. The van der Waals surface area contributed by atoms with E-state index in [-0.39, 0.29) is 29.7 Å². The summed E-state index contributed by atoms with van der Waals surface area (Å²) in [5.74, 6) is 0.0603. The molecule has 1 saturated carbocycles. The summed E-state index contributed by atoms with van der Waals surface area (Å²) in [6, 6.07) is 8.43. The monoisotopic (exact) mass is 485 g/mol. The molecule has 10 heteroatoms. The number of rotatable bonds is 3. The molecule has 2 aromatic heterocycles. The Morgan fingerprint density at radius 3 is 2.72 bits per heavy atom. The van der Waals surface area contributed by atoms with E-state index in [0.29, 0.717) is 54.5 Å². The molecule has 36 heavy (non-hydrogen) atoms. The van der Waals surface area contributed by atoms with E-state index >= 15 is 0 Å². The highest BCUT2D eigenvalue weighted by Gasteiger charge is 2.45. The third-order valence-electron chi connectivity index (χ3n) is 7.00. The molecule has 2 aliphatic rings. The minimum Gasteiger partial charge on any atom is -0.356 e. The lowest BCUT2D eigenvalue weighted by Gasteiger charge is -2.32. The van der Waals surface area contributed by atoms with Crippen LogP contribution in [0.25, 0.3) is 11.5 Å². The Bertz CT molecular complexity index is 1250. The molecule has 1 N–H and O–H groups in total. The zero-order chi connectivity index (χ0) is 24.9. The Hall–Kier alpha value is -4.13. The van der Waals surface area contributed by atoms with Crippen molar-refractivity contribution < 1.29 is 14.1 Å². The molecule has 0 spiro atoms. The number of carbonyl (C=O) groups is 2. The lowest BCUT2D eigenvalue weighted by Crippen LogP contribution is -2.47. The number of nitriles is 1. The molecule has 5 rings (SSSR count). The van der Waals surface area contributed by atoms with Crippen molar-refractivity contribution in [3.8, 4) is 17.6 Å². The lowest BCUT2D eigenvalue weighted by molar-refractivity contribution is -0.126. The number of hydrogen-bond donors (Lipinski definition) is 1. The highest BCUT2D eigenvalue weighted by Crippen LogP contribution is 2.41. The van der Waals surface area contributed by atoms with Gasteiger partial charge in [0, 0.05) is 43.0 Å². The molecule has 0 bridgehead atoms. The fourth-order valence-electron chi connectivity index (χ4n) is 5.14. The smallest absolute Gasteiger partial charge is 0.254 e. The third kappa shape index (κ3) is 4.96. The maximum absolute atomic E-state index is 13.7. The molecule has 1 aliphatic heterocycles. The molecule has 0 radical (unpaired) electrons. The van der Waals surface area contributed by atoms with Gasteiger partial charge in [-0.2, -0.15) is 10.2 Å². The number of nitrogens with zero attached hydrogens (tertiary/aromatic N) is 6. The molecule has 10 nitrogen and oxygen atoms in total. The zero-order valence-electron chi connectivity index (χ0n) is 19.8. The lowest BCUT2D eigenvalue weighted by atomic mass is 9.99. The van der Waals surface area contributed by atoms with Crippen molar-refractivity contribution >= 4 is 11.8 Å². The van der Waals surface area contributed by atoms with Crippen LogP contribution < -0.4 is 5.32 Å². The molecular weight excluding hydrogens is 458 g/mol. The summed E-state index contributed by atoms with van der Waals surface area (Å²) in [6.07, 6.45) is 9.53. The van der Waals surface area contributed by atoms with Crippen molar-refractivity contribution in [2.75, 3.05) is 13.1 Å². The predicted molar refractivity (Wildman–Crippen MR) is 128 cm³/mol. The summed E-state index contributed by atoms with van der Waals surface area (Å²) in [5, 5.41) is 16.3. The first-order chi connectivity index (χ1) is 17.6. The molecule has 1 aromatic carbocycles. The van der Waals surface area contributed by atoms with E-state index < -0.39 is 0 Å². The zero-order valence-corrected chi connectivity index (χ0v) is 19.8. The first kappa shape index (κ1) is 23.6. The third-order valence-corrected chi connectivity index (χ3v) is 7.00. The van der Waals surface area contributed by atoms with Crippen molar-refractivity contribution in [2.24, 2.45) is 5.92 Å². The highest BCUT2D eigenvalue weighted by molar-refractivity contribution is 5.95. The van der Waals surface area contributed by atoms with Crippen molar-refractivity contribution in [1.29, 1.82) is 5.26 Å². The van der Waals surface area contributed by atoms with E-state index in [4.69, 9.17) is 9.78 Å². The average Bonchev–Trinajstić information content (AvgIpc) is 3.58. The van der Waals surface area contributed by atoms with Crippen molar-refractivity contribution in [2.45, 2.75) is 50.5 Å². The number of fused-ring (bicyclic) bond motifs is 1. The normalized spacial score (nSPS) is 22.7. The number of nitrogens with one attached hydrogen (secondary N) is 1. The van der Waals surface area contributed by atoms with Crippen molar-refractivity contribution in [1.82, 2.24) is 30.3 Å². The quantitative estimate of drug-likeness (QED) is 0.597. The van der Waals surface area contributed by atoms with Gasteiger partial charge in [-0.1, -0.05) is 18.0 Å². The van der Waals surface area contributed by atoms with Crippen LogP contribution in [0.1, 0.15) is 66.3 Å². The molecule has 1 saturated heterocycles. The van der Waals surface area contributed by atoms with Gasteiger partial charge in [-0.05, 0) is 49.9 Å². The second-order valence-electron chi connectivity index (χ2n) is 9.28. The molecule has 3 atom stereocenters. The van der Waals surface area contributed by atoms with Gasteiger partial charge in [0.2, 0.25) is 17.6 Å². The second-order valence-corrected chi connectivity index (χ2v) is 9.28. The minimum atomic E-state index is -0.387. The Balaban J connectivity index is 1.44. The molecule has 184 valence electrons. The van der Waals surface area contributed by atoms with Crippen LogP contribution in [0.2, 0.25) is 0 Å². The first-order valence-corrected chi connectivity index (χ1v) is 12.3.